The van der Waals surface area contributed by atoms with Crippen LogP contribution >= 0.6 is 23.2 Å². The van der Waals surface area contributed by atoms with Crippen molar-refractivity contribution in [3.05, 3.63) is 34.0 Å². The molecule has 2 rings (SSSR count). The van der Waals surface area contributed by atoms with Gasteiger partial charge in [-0.1, -0.05) is 23.2 Å². The third-order valence-electron chi connectivity index (χ3n) is 2.00. The molecule has 0 atom stereocenters. The van der Waals surface area contributed by atoms with Crippen LogP contribution < -0.4 is 0 Å². The maximum Gasteiger partial charge on any atom is 0.153 e. The van der Waals surface area contributed by atoms with Crippen molar-refractivity contribution in [1.82, 2.24) is 9.97 Å². The molecule has 1 aromatic carbocycles. The van der Waals surface area contributed by atoms with Crippen molar-refractivity contribution in [2.45, 2.75) is 6.92 Å². The van der Waals surface area contributed by atoms with Crippen LogP contribution in [0.2, 0.25) is 10.2 Å². The summed E-state index contributed by atoms with van der Waals surface area (Å²) in [6.45, 7) is 1.59. The van der Waals surface area contributed by atoms with Gasteiger partial charge in [-0.3, -0.25) is 0 Å². The van der Waals surface area contributed by atoms with Crippen LogP contribution in [0.25, 0.3) is 10.9 Å². The fourth-order valence-corrected chi connectivity index (χ4v) is 1.57. The van der Waals surface area contributed by atoms with Crippen LogP contribution in [-0.2, 0) is 0 Å². The van der Waals surface area contributed by atoms with Gasteiger partial charge >= 0.3 is 0 Å². The molecule has 0 spiro atoms. The quantitative estimate of drug-likeness (QED) is 0.649. The fraction of sp³-hybridized carbons (Fsp3) is 0.111. The van der Waals surface area contributed by atoms with Crippen molar-refractivity contribution in [3.8, 4) is 0 Å². The fourth-order valence-electron chi connectivity index (χ4n) is 1.19. The molecule has 2 nitrogen and oxygen atoms in total. The lowest BCUT2D eigenvalue weighted by atomic mass is 10.1. The number of benzene rings is 1. The van der Waals surface area contributed by atoms with Gasteiger partial charge in [0.1, 0.15) is 17.0 Å². The average molecular weight is 231 g/mol. The summed E-state index contributed by atoms with van der Waals surface area (Å²) in [7, 11) is 0. The van der Waals surface area contributed by atoms with Gasteiger partial charge in [-0.15, -0.1) is 0 Å². The summed E-state index contributed by atoms with van der Waals surface area (Å²) in [5, 5.41) is 0.963. The Bertz CT molecular complexity index is 514. The van der Waals surface area contributed by atoms with Gasteiger partial charge in [0.25, 0.3) is 0 Å². The smallest absolute Gasteiger partial charge is 0.153 e. The van der Waals surface area contributed by atoms with Crippen LogP contribution in [0.1, 0.15) is 5.56 Å². The zero-order chi connectivity index (χ0) is 10.3. The Labute approximate surface area is 89.7 Å². The van der Waals surface area contributed by atoms with E-state index in [0.717, 1.165) is 0 Å². The van der Waals surface area contributed by atoms with Gasteiger partial charge in [0.2, 0.25) is 0 Å². The van der Waals surface area contributed by atoms with Crippen LogP contribution in [0.5, 0.6) is 0 Å². The Morgan fingerprint density at radius 1 is 1.29 bits per heavy atom. The monoisotopic (exact) mass is 230 g/mol. The molecule has 5 heteroatoms. The first-order valence-electron chi connectivity index (χ1n) is 3.86. The highest BCUT2D eigenvalue weighted by Gasteiger charge is 2.11. The molecule has 0 aliphatic heterocycles. The predicted molar refractivity (Wildman–Crippen MR) is 54.3 cm³/mol. The molecule has 0 bridgehead atoms. The lowest BCUT2D eigenvalue weighted by molar-refractivity contribution is 0.627. The molecule has 0 unspecified atom stereocenters. The van der Waals surface area contributed by atoms with Gasteiger partial charge in [0, 0.05) is 16.0 Å². The number of hydrogen-bond acceptors (Lipinski definition) is 2. The van der Waals surface area contributed by atoms with E-state index >= 15 is 0 Å². The Hall–Kier alpha value is -0.930. The van der Waals surface area contributed by atoms with Crippen LogP contribution in [0.3, 0.4) is 0 Å². The van der Waals surface area contributed by atoms with Crippen molar-refractivity contribution >= 4 is 34.1 Å². The van der Waals surface area contributed by atoms with E-state index < -0.39 is 5.82 Å². The van der Waals surface area contributed by atoms with Crippen LogP contribution in [0, 0.1) is 12.7 Å². The van der Waals surface area contributed by atoms with Crippen molar-refractivity contribution in [2.75, 3.05) is 0 Å². The molecule has 1 aromatic heterocycles. The van der Waals surface area contributed by atoms with Crippen molar-refractivity contribution in [2.24, 2.45) is 0 Å². The summed E-state index contributed by atoms with van der Waals surface area (Å²) < 4.78 is 13.6. The van der Waals surface area contributed by atoms with Gasteiger partial charge < -0.3 is 0 Å². The Morgan fingerprint density at radius 2 is 2.00 bits per heavy atom. The normalized spacial score (nSPS) is 10.9. The molecule has 0 fully saturated rings. The summed E-state index contributed by atoms with van der Waals surface area (Å²) >= 11 is 11.6. The topological polar surface area (TPSA) is 25.8 Å². The van der Waals surface area contributed by atoms with E-state index in [2.05, 4.69) is 9.97 Å². The van der Waals surface area contributed by atoms with Gasteiger partial charge in [-0.2, -0.15) is 0 Å². The molecule has 0 amide bonds. The minimum absolute atomic E-state index is 0.201. The van der Waals surface area contributed by atoms with E-state index in [4.69, 9.17) is 23.2 Å². The number of halogens is 3. The largest absolute Gasteiger partial charge is 0.233 e. The zero-order valence-electron chi connectivity index (χ0n) is 7.18. The SMILES string of the molecule is Cc1c(Cl)cc2c(Cl)ncnc2c1F. The van der Waals surface area contributed by atoms with E-state index in [9.17, 15) is 4.39 Å². The lowest BCUT2D eigenvalue weighted by Gasteiger charge is -2.04. The predicted octanol–water partition coefficient (Wildman–Crippen LogP) is 3.38. The van der Waals surface area contributed by atoms with Crippen molar-refractivity contribution in [1.29, 1.82) is 0 Å². The molecule has 0 aliphatic carbocycles. The second kappa shape index (κ2) is 3.33. The molecule has 0 N–H and O–H groups in total. The highest BCUT2D eigenvalue weighted by atomic mass is 35.5. The summed E-state index contributed by atoms with van der Waals surface area (Å²) in [5.74, 6) is -0.447. The molecule has 1 heterocycles. The molecule has 0 radical (unpaired) electrons. The van der Waals surface area contributed by atoms with Crippen LogP contribution in [0.15, 0.2) is 12.4 Å². The summed E-state index contributed by atoms with van der Waals surface area (Å²) in [6, 6.07) is 1.57. The van der Waals surface area contributed by atoms with E-state index in [1.165, 1.54) is 6.33 Å². The first-order chi connectivity index (χ1) is 6.61. The van der Waals surface area contributed by atoms with Gasteiger partial charge in [0.05, 0.1) is 0 Å². The van der Waals surface area contributed by atoms with Gasteiger partial charge in [0.15, 0.2) is 5.82 Å². The van der Waals surface area contributed by atoms with Gasteiger partial charge in [-0.05, 0) is 13.0 Å². The minimum Gasteiger partial charge on any atom is -0.233 e. The average Bonchev–Trinajstić information content (AvgIpc) is 2.17. The Kier molecular flexibility index (Phi) is 2.29. The first-order valence-corrected chi connectivity index (χ1v) is 4.61. The lowest BCUT2D eigenvalue weighted by Crippen LogP contribution is -1.92. The third-order valence-corrected chi connectivity index (χ3v) is 2.70. The molecular weight excluding hydrogens is 226 g/mol. The summed E-state index contributed by atoms with van der Waals surface area (Å²) in [5.41, 5.74) is 0.570. The molecule has 0 saturated carbocycles. The third kappa shape index (κ3) is 1.33. The first kappa shape index (κ1) is 9.62. The Balaban J connectivity index is 2.98. The molecule has 2 aromatic rings. The number of rotatable bonds is 0. The van der Waals surface area contributed by atoms with E-state index in [1.807, 2.05) is 0 Å². The minimum atomic E-state index is -0.447. The number of hydrogen-bond donors (Lipinski definition) is 0. The molecule has 14 heavy (non-hydrogen) atoms. The number of fused-ring (bicyclic) bond motifs is 1. The highest BCUT2D eigenvalue weighted by molar-refractivity contribution is 6.36. The van der Waals surface area contributed by atoms with E-state index in [-0.39, 0.29) is 10.7 Å². The van der Waals surface area contributed by atoms with E-state index in [0.29, 0.717) is 16.0 Å². The maximum absolute atomic E-state index is 13.6. The second-order valence-electron chi connectivity index (χ2n) is 2.86. The summed E-state index contributed by atoms with van der Waals surface area (Å²) in [4.78, 5) is 7.56. The van der Waals surface area contributed by atoms with Crippen molar-refractivity contribution in [3.63, 3.8) is 0 Å². The molecule has 0 aliphatic rings. The standard InChI is InChI=1S/C9H5Cl2FN2/c1-4-6(10)2-5-8(7(4)12)13-3-14-9(5)11/h2-3H,1H3. The van der Waals surface area contributed by atoms with Crippen molar-refractivity contribution < 1.29 is 4.39 Å². The summed E-state index contributed by atoms with van der Waals surface area (Å²) in [6.07, 6.45) is 1.22. The maximum atomic E-state index is 13.6. The Morgan fingerprint density at radius 3 is 2.71 bits per heavy atom. The second-order valence-corrected chi connectivity index (χ2v) is 3.62. The van der Waals surface area contributed by atoms with E-state index in [1.54, 1.807) is 13.0 Å². The zero-order valence-corrected chi connectivity index (χ0v) is 8.69. The van der Waals surface area contributed by atoms with Crippen LogP contribution in [0.4, 0.5) is 4.39 Å². The van der Waals surface area contributed by atoms with Gasteiger partial charge in [-0.25, -0.2) is 14.4 Å². The van der Waals surface area contributed by atoms with Crippen LogP contribution in [-0.4, -0.2) is 9.97 Å². The molecular formula is C9H5Cl2FN2. The molecule has 72 valence electrons. The number of nitrogens with zero attached hydrogens (tertiary/aromatic N) is 2. The number of aromatic nitrogens is 2. The highest BCUT2D eigenvalue weighted by Crippen LogP contribution is 2.28. The molecule has 0 saturated heterocycles.